The van der Waals surface area contributed by atoms with Gasteiger partial charge in [-0.05, 0) is 13.8 Å². The Hall–Kier alpha value is -1.67. The first-order valence-corrected chi connectivity index (χ1v) is 5.63. The van der Waals surface area contributed by atoms with Crippen molar-refractivity contribution < 1.29 is 14.3 Å². The third-order valence-corrected chi connectivity index (χ3v) is 2.58. The van der Waals surface area contributed by atoms with Gasteiger partial charge in [-0.1, -0.05) is 0 Å². The molecular formula is C10H19N5O3. The first-order valence-electron chi connectivity index (χ1n) is 5.63. The van der Waals surface area contributed by atoms with Gasteiger partial charge in [0.05, 0.1) is 12.6 Å². The lowest BCUT2D eigenvalue weighted by atomic mass is 10.2. The molecule has 1 fully saturated rings. The van der Waals surface area contributed by atoms with E-state index < -0.39 is 6.04 Å². The van der Waals surface area contributed by atoms with Crippen LogP contribution in [0, 0.1) is 0 Å². The second-order valence-electron chi connectivity index (χ2n) is 4.12. The van der Waals surface area contributed by atoms with Crippen LogP contribution in [0.1, 0.15) is 13.8 Å². The number of hydrogen-bond donors (Lipinski definition) is 3. The Morgan fingerprint density at radius 2 is 2.39 bits per heavy atom. The van der Waals surface area contributed by atoms with Crippen LogP contribution in [-0.2, 0) is 14.3 Å². The van der Waals surface area contributed by atoms with E-state index in [0.29, 0.717) is 12.6 Å². The molecule has 0 saturated carbocycles. The van der Waals surface area contributed by atoms with Gasteiger partial charge in [0, 0.05) is 7.11 Å². The third kappa shape index (κ3) is 3.41. The quantitative estimate of drug-likeness (QED) is 0.181. The molecule has 2 atom stereocenters. The summed E-state index contributed by atoms with van der Waals surface area (Å²) in [5.74, 6) is 4.95. The Labute approximate surface area is 106 Å². The van der Waals surface area contributed by atoms with Gasteiger partial charge in [-0.3, -0.25) is 20.3 Å². The van der Waals surface area contributed by atoms with Crippen LogP contribution in [0.2, 0.25) is 0 Å². The highest BCUT2D eigenvalue weighted by molar-refractivity contribution is 6.04. The lowest BCUT2D eigenvalue weighted by Gasteiger charge is -2.33. The maximum absolute atomic E-state index is 11.5. The Balaban J connectivity index is 2.86. The van der Waals surface area contributed by atoms with Crippen LogP contribution >= 0.6 is 0 Å². The van der Waals surface area contributed by atoms with E-state index in [4.69, 9.17) is 10.6 Å². The van der Waals surface area contributed by atoms with E-state index in [2.05, 4.69) is 15.7 Å². The number of aliphatic imine (C=N–C) groups is 1. The molecule has 0 aromatic rings. The third-order valence-electron chi connectivity index (χ3n) is 2.58. The predicted molar refractivity (Wildman–Crippen MR) is 65.4 cm³/mol. The van der Waals surface area contributed by atoms with Crippen molar-refractivity contribution in [1.29, 1.82) is 0 Å². The molecule has 0 aliphatic carbocycles. The van der Waals surface area contributed by atoms with Gasteiger partial charge in [-0.15, -0.1) is 0 Å². The molecule has 1 heterocycles. The molecule has 1 aliphatic heterocycles. The molecule has 1 rings (SSSR count). The molecule has 102 valence electrons. The number of hydrogen-bond acceptors (Lipinski definition) is 5. The van der Waals surface area contributed by atoms with E-state index in [9.17, 15) is 9.59 Å². The zero-order valence-corrected chi connectivity index (χ0v) is 10.8. The Morgan fingerprint density at radius 3 is 2.94 bits per heavy atom. The van der Waals surface area contributed by atoms with E-state index >= 15 is 0 Å². The molecule has 18 heavy (non-hydrogen) atoms. The highest BCUT2D eigenvalue weighted by atomic mass is 16.5. The number of methoxy groups -OCH3 is 1. The molecule has 1 aliphatic rings. The average molecular weight is 257 g/mol. The minimum atomic E-state index is -0.507. The van der Waals surface area contributed by atoms with Crippen molar-refractivity contribution >= 4 is 17.8 Å². The largest absolute Gasteiger partial charge is 0.382 e. The van der Waals surface area contributed by atoms with Gasteiger partial charge in [-0.2, -0.15) is 0 Å². The summed E-state index contributed by atoms with van der Waals surface area (Å²) in [6.45, 7) is 3.98. The standard InChI is InChI=1S/C10H19N5O3/c1-6(5-18-3)12-10(14-11)15-4-8(16)13-9(17)7(15)2/h6-7H,4-5,11H2,1-3H3,(H,12,14)(H,13,16,17). The van der Waals surface area contributed by atoms with Gasteiger partial charge < -0.3 is 9.64 Å². The predicted octanol–water partition coefficient (Wildman–Crippen LogP) is -1.81. The molecule has 8 heteroatoms. The van der Waals surface area contributed by atoms with Crippen molar-refractivity contribution in [2.45, 2.75) is 25.9 Å². The van der Waals surface area contributed by atoms with Gasteiger partial charge in [0.25, 0.3) is 0 Å². The number of carbonyl (C=O) groups excluding carboxylic acids is 2. The zero-order chi connectivity index (χ0) is 13.7. The number of carbonyl (C=O) groups is 2. The van der Waals surface area contributed by atoms with Crippen molar-refractivity contribution in [1.82, 2.24) is 15.6 Å². The number of piperazine rings is 1. The second kappa shape index (κ2) is 6.31. The lowest BCUT2D eigenvalue weighted by molar-refractivity contribution is -0.137. The summed E-state index contributed by atoms with van der Waals surface area (Å²) in [7, 11) is 1.57. The van der Waals surface area contributed by atoms with Crippen LogP contribution < -0.4 is 16.6 Å². The minimum Gasteiger partial charge on any atom is -0.382 e. The molecule has 4 N–H and O–H groups in total. The maximum Gasteiger partial charge on any atom is 0.249 e. The monoisotopic (exact) mass is 257 g/mol. The summed E-state index contributed by atoms with van der Waals surface area (Å²) in [5, 5.41) is 2.25. The minimum absolute atomic E-state index is 0.0373. The fourth-order valence-corrected chi connectivity index (χ4v) is 1.65. The first kappa shape index (κ1) is 14.4. The average Bonchev–Trinajstić information content (AvgIpc) is 2.31. The number of rotatable bonds is 3. The topological polar surface area (TPSA) is 109 Å². The second-order valence-corrected chi connectivity index (χ2v) is 4.12. The number of imide groups is 1. The Morgan fingerprint density at radius 1 is 1.72 bits per heavy atom. The van der Waals surface area contributed by atoms with Crippen LogP contribution in [0.4, 0.5) is 0 Å². The van der Waals surface area contributed by atoms with Gasteiger partial charge in [0.15, 0.2) is 0 Å². The number of nitrogens with zero attached hydrogens (tertiary/aromatic N) is 2. The smallest absolute Gasteiger partial charge is 0.249 e. The van der Waals surface area contributed by atoms with E-state index in [-0.39, 0.29) is 24.4 Å². The fourth-order valence-electron chi connectivity index (χ4n) is 1.65. The van der Waals surface area contributed by atoms with Crippen molar-refractivity contribution in [2.24, 2.45) is 10.8 Å². The Kier molecular flexibility index (Phi) is 5.05. The number of amides is 2. The van der Waals surface area contributed by atoms with Crippen LogP contribution in [0.3, 0.4) is 0 Å². The van der Waals surface area contributed by atoms with E-state index in [1.165, 1.54) is 4.90 Å². The number of nitrogens with two attached hydrogens (primary N) is 1. The molecular weight excluding hydrogens is 238 g/mol. The van der Waals surface area contributed by atoms with Crippen LogP contribution in [0.25, 0.3) is 0 Å². The fraction of sp³-hybridized carbons (Fsp3) is 0.700. The zero-order valence-electron chi connectivity index (χ0n) is 10.8. The van der Waals surface area contributed by atoms with E-state index in [1.54, 1.807) is 14.0 Å². The van der Waals surface area contributed by atoms with Gasteiger partial charge >= 0.3 is 0 Å². The van der Waals surface area contributed by atoms with Gasteiger partial charge in [0.2, 0.25) is 17.8 Å². The number of guanidine groups is 1. The Bertz CT molecular complexity index is 357. The van der Waals surface area contributed by atoms with E-state index in [0.717, 1.165) is 0 Å². The first-order chi connectivity index (χ1) is 8.49. The van der Waals surface area contributed by atoms with Crippen molar-refractivity contribution in [3.05, 3.63) is 0 Å². The molecule has 0 bridgehead atoms. The van der Waals surface area contributed by atoms with E-state index in [1.807, 2.05) is 6.92 Å². The van der Waals surface area contributed by atoms with Crippen molar-refractivity contribution in [3.63, 3.8) is 0 Å². The SMILES string of the molecule is COCC(C)N=C(NN)N1CC(=O)NC(=O)C1C. The number of hydrazine groups is 1. The number of ether oxygens (including phenoxy) is 1. The van der Waals surface area contributed by atoms with Gasteiger partial charge in [-0.25, -0.2) is 10.8 Å². The summed E-state index contributed by atoms with van der Waals surface area (Å²) in [5.41, 5.74) is 2.42. The molecule has 0 radical (unpaired) electrons. The van der Waals surface area contributed by atoms with Crippen LogP contribution in [0.15, 0.2) is 4.99 Å². The normalized spacial score (nSPS) is 22.8. The van der Waals surface area contributed by atoms with Crippen LogP contribution in [-0.4, -0.2) is 55.0 Å². The number of nitrogens with one attached hydrogen (secondary N) is 2. The van der Waals surface area contributed by atoms with Crippen LogP contribution in [0.5, 0.6) is 0 Å². The molecule has 0 aromatic carbocycles. The summed E-state index contributed by atoms with van der Waals surface area (Å²) < 4.78 is 4.97. The lowest BCUT2D eigenvalue weighted by Crippen LogP contribution is -2.62. The molecule has 8 nitrogen and oxygen atoms in total. The van der Waals surface area contributed by atoms with Gasteiger partial charge in [0.1, 0.15) is 12.6 Å². The molecule has 1 saturated heterocycles. The van der Waals surface area contributed by atoms with Crippen molar-refractivity contribution in [2.75, 3.05) is 20.3 Å². The maximum atomic E-state index is 11.5. The molecule has 2 unspecified atom stereocenters. The highest BCUT2D eigenvalue weighted by Gasteiger charge is 2.32. The highest BCUT2D eigenvalue weighted by Crippen LogP contribution is 2.06. The van der Waals surface area contributed by atoms with Crippen molar-refractivity contribution in [3.8, 4) is 0 Å². The molecule has 0 spiro atoms. The molecule has 0 aromatic heterocycles. The summed E-state index contributed by atoms with van der Waals surface area (Å²) in [4.78, 5) is 28.7. The summed E-state index contributed by atoms with van der Waals surface area (Å²) in [6.07, 6.45) is 0. The summed E-state index contributed by atoms with van der Waals surface area (Å²) in [6, 6.07) is -0.638. The summed E-state index contributed by atoms with van der Waals surface area (Å²) >= 11 is 0. The molecule has 2 amide bonds.